The Morgan fingerprint density at radius 2 is 1.85 bits per heavy atom. The highest BCUT2D eigenvalue weighted by atomic mass is 79.9. The number of methoxy groups -OCH3 is 1. The molecule has 3 aromatic rings. The number of nitrogens with one attached hydrogen (secondary N) is 1. The molecule has 172 valence electrons. The van der Waals surface area contributed by atoms with E-state index in [0.29, 0.717) is 32.8 Å². The molecule has 1 aliphatic heterocycles. The second-order valence-electron chi connectivity index (χ2n) is 7.25. The highest BCUT2D eigenvalue weighted by Gasteiger charge is 2.34. The lowest BCUT2D eigenvalue weighted by Gasteiger charge is -2.28. The molecule has 6 nitrogen and oxygen atoms in total. The van der Waals surface area contributed by atoms with Crippen molar-refractivity contribution in [2.45, 2.75) is 6.61 Å². The third kappa shape index (κ3) is 5.00. The Hall–Kier alpha value is -3.56. The average Bonchev–Trinajstić information content (AvgIpc) is 2.81. The maximum absolute atomic E-state index is 13.4. The third-order valence-electron chi connectivity index (χ3n) is 4.95. The first-order valence-corrected chi connectivity index (χ1v) is 11.3. The minimum Gasteiger partial charge on any atom is -0.493 e. The lowest BCUT2D eigenvalue weighted by Crippen LogP contribution is -2.54. The van der Waals surface area contributed by atoms with Crippen molar-refractivity contribution in [3.05, 3.63) is 93.7 Å². The molecular formula is C25H18BrFN2O4S. The summed E-state index contributed by atoms with van der Waals surface area (Å²) in [6.07, 6.45) is 1.46. The molecule has 1 aliphatic rings. The SMILES string of the molecule is COc1cc(/C=C2/C(=O)NC(=S)N(c3ccccc3)C2=O)cc(Br)c1OCc1cccc(F)c1. The summed E-state index contributed by atoms with van der Waals surface area (Å²) >= 11 is 8.67. The number of carbonyl (C=O) groups is 2. The minimum absolute atomic E-state index is 0.0122. The minimum atomic E-state index is -0.594. The van der Waals surface area contributed by atoms with E-state index in [-0.39, 0.29) is 23.1 Å². The van der Waals surface area contributed by atoms with Gasteiger partial charge in [0.1, 0.15) is 18.0 Å². The first kappa shape index (κ1) is 23.6. The largest absolute Gasteiger partial charge is 0.493 e. The molecule has 0 bridgehead atoms. The van der Waals surface area contributed by atoms with Crippen molar-refractivity contribution in [1.29, 1.82) is 0 Å². The number of rotatable bonds is 6. The molecule has 0 radical (unpaired) electrons. The van der Waals surface area contributed by atoms with Crippen LogP contribution in [0.2, 0.25) is 0 Å². The van der Waals surface area contributed by atoms with Crippen LogP contribution < -0.4 is 19.7 Å². The summed E-state index contributed by atoms with van der Waals surface area (Å²) < 4.78 is 25.3. The van der Waals surface area contributed by atoms with Crippen molar-refractivity contribution in [2.24, 2.45) is 0 Å². The number of amides is 2. The van der Waals surface area contributed by atoms with Crippen LogP contribution >= 0.6 is 28.1 Å². The van der Waals surface area contributed by atoms with Crippen LogP contribution in [0.25, 0.3) is 6.08 Å². The van der Waals surface area contributed by atoms with Crippen LogP contribution in [0.1, 0.15) is 11.1 Å². The Morgan fingerprint density at radius 1 is 1.09 bits per heavy atom. The normalized spacial score (nSPS) is 14.9. The summed E-state index contributed by atoms with van der Waals surface area (Å²) in [7, 11) is 1.47. The number of ether oxygens (including phenoxy) is 2. The van der Waals surface area contributed by atoms with Crippen molar-refractivity contribution in [3.63, 3.8) is 0 Å². The fourth-order valence-corrected chi connectivity index (χ4v) is 4.24. The zero-order valence-electron chi connectivity index (χ0n) is 17.9. The molecule has 2 amide bonds. The van der Waals surface area contributed by atoms with Crippen molar-refractivity contribution >= 4 is 56.8 Å². The van der Waals surface area contributed by atoms with Gasteiger partial charge in [0.15, 0.2) is 16.6 Å². The van der Waals surface area contributed by atoms with E-state index in [1.54, 1.807) is 48.5 Å². The Morgan fingerprint density at radius 3 is 2.56 bits per heavy atom. The molecule has 1 saturated heterocycles. The maximum Gasteiger partial charge on any atom is 0.270 e. The summed E-state index contributed by atoms with van der Waals surface area (Å²) in [6, 6.07) is 18.2. The van der Waals surface area contributed by atoms with E-state index in [4.69, 9.17) is 21.7 Å². The first-order valence-electron chi connectivity index (χ1n) is 10.1. The highest BCUT2D eigenvalue weighted by molar-refractivity contribution is 9.10. The van der Waals surface area contributed by atoms with Gasteiger partial charge in [-0.3, -0.25) is 19.8 Å². The van der Waals surface area contributed by atoms with Gasteiger partial charge < -0.3 is 9.47 Å². The van der Waals surface area contributed by atoms with Gasteiger partial charge in [-0.2, -0.15) is 0 Å². The molecule has 0 aliphatic carbocycles. The molecule has 0 unspecified atom stereocenters. The molecule has 1 heterocycles. The second-order valence-corrected chi connectivity index (χ2v) is 8.49. The molecule has 9 heteroatoms. The van der Waals surface area contributed by atoms with Crippen LogP contribution in [-0.2, 0) is 16.2 Å². The number of halogens is 2. The van der Waals surface area contributed by atoms with Gasteiger partial charge in [0.2, 0.25) is 0 Å². The van der Waals surface area contributed by atoms with Gasteiger partial charge in [-0.15, -0.1) is 0 Å². The van der Waals surface area contributed by atoms with Crippen molar-refractivity contribution in [3.8, 4) is 11.5 Å². The molecule has 0 atom stereocenters. The zero-order chi connectivity index (χ0) is 24.2. The summed E-state index contributed by atoms with van der Waals surface area (Å²) in [5.41, 5.74) is 1.64. The summed E-state index contributed by atoms with van der Waals surface area (Å²) in [4.78, 5) is 27.0. The van der Waals surface area contributed by atoms with Gasteiger partial charge in [-0.25, -0.2) is 4.39 Å². The number of benzene rings is 3. The summed E-state index contributed by atoms with van der Waals surface area (Å²) in [5, 5.41) is 2.57. The standard InChI is InChI=1S/C25H18BrFN2O4S/c1-32-21-13-16(12-20(26)22(21)33-14-15-6-5-7-17(27)10-15)11-19-23(30)28-25(34)29(24(19)31)18-8-3-2-4-9-18/h2-13H,14H2,1H3,(H,28,30,34)/b19-11-. The fraction of sp³-hybridized carbons (Fsp3) is 0.0800. The quantitative estimate of drug-likeness (QED) is 0.270. The first-order chi connectivity index (χ1) is 16.4. The van der Waals surface area contributed by atoms with Crippen LogP contribution in [0.4, 0.5) is 10.1 Å². The number of hydrogen-bond acceptors (Lipinski definition) is 5. The molecule has 0 saturated carbocycles. The van der Waals surface area contributed by atoms with E-state index < -0.39 is 11.8 Å². The van der Waals surface area contributed by atoms with Gasteiger partial charge >= 0.3 is 0 Å². The second kappa shape index (κ2) is 10.1. The van der Waals surface area contributed by atoms with Crippen molar-refractivity contribution in [1.82, 2.24) is 5.32 Å². The molecule has 34 heavy (non-hydrogen) atoms. The molecule has 0 aromatic heterocycles. The van der Waals surface area contributed by atoms with Crippen LogP contribution in [0.5, 0.6) is 11.5 Å². The summed E-state index contributed by atoms with van der Waals surface area (Å²) in [6.45, 7) is 0.123. The van der Waals surface area contributed by atoms with Crippen molar-refractivity contribution in [2.75, 3.05) is 12.0 Å². The van der Waals surface area contributed by atoms with E-state index in [2.05, 4.69) is 21.2 Å². The summed E-state index contributed by atoms with van der Waals surface area (Å²) in [5.74, 6) is -0.712. The molecule has 4 rings (SSSR count). The Balaban J connectivity index is 1.64. The van der Waals surface area contributed by atoms with E-state index in [9.17, 15) is 14.0 Å². The van der Waals surface area contributed by atoms with Crippen LogP contribution in [0.15, 0.2) is 76.8 Å². The average molecular weight is 541 g/mol. The van der Waals surface area contributed by atoms with E-state index in [1.807, 2.05) is 6.07 Å². The Bertz CT molecular complexity index is 1310. The molecule has 3 aromatic carbocycles. The fourth-order valence-electron chi connectivity index (χ4n) is 3.38. The Kier molecular flexibility index (Phi) is 7.04. The molecule has 1 N–H and O–H groups in total. The number of anilines is 1. The molecule has 0 spiro atoms. The van der Waals surface area contributed by atoms with E-state index in [1.165, 1.54) is 30.2 Å². The number of para-hydroxylation sites is 1. The smallest absolute Gasteiger partial charge is 0.270 e. The highest BCUT2D eigenvalue weighted by Crippen LogP contribution is 2.38. The number of carbonyl (C=O) groups excluding carboxylic acids is 2. The predicted octanol–water partition coefficient (Wildman–Crippen LogP) is 5.01. The number of hydrogen-bond donors (Lipinski definition) is 1. The van der Waals surface area contributed by atoms with Gasteiger partial charge in [-0.1, -0.05) is 30.3 Å². The predicted molar refractivity (Wildman–Crippen MR) is 134 cm³/mol. The maximum atomic E-state index is 13.4. The Labute approximate surface area is 209 Å². The van der Waals surface area contributed by atoms with E-state index >= 15 is 0 Å². The molecule has 1 fully saturated rings. The lowest BCUT2D eigenvalue weighted by molar-refractivity contribution is -0.122. The van der Waals surface area contributed by atoms with Crippen LogP contribution in [0.3, 0.4) is 0 Å². The van der Waals surface area contributed by atoms with Gasteiger partial charge in [0.05, 0.1) is 17.3 Å². The van der Waals surface area contributed by atoms with Gasteiger partial charge in [-0.05, 0) is 81.7 Å². The van der Waals surface area contributed by atoms with Crippen molar-refractivity contribution < 1.29 is 23.5 Å². The van der Waals surface area contributed by atoms with Gasteiger partial charge in [0.25, 0.3) is 11.8 Å². The number of thiocarbonyl (C=S) groups is 1. The van der Waals surface area contributed by atoms with Crippen LogP contribution in [-0.4, -0.2) is 24.0 Å². The lowest BCUT2D eigenvalue weighted by atomic mass is 10.1. The monoisotopic (exact) mass is 540 g/mol. The van der Waals surface area contributed by atoms with E-state index in [0.717, 1.165) is 0 Å². The third-order valence-corrected chi connectivity index (χ3v) is 5.82. The topological polar surface area (TPSA) is 67.9 Å². The van der Waals surface area contributed by atoms with Gasteiger partial charge in [0, 0.05) is 0 Å². The zero-order valence-corrected chi connectivity index (χ0v) is 20.3. The molecular weight excluding hydrogens is 523 g/mol. The van der Waals surface area contributed by atoms with Crippen LogP contribution in [0, 0.1) is 5.82 Å². The number of nitrogens with zero attached hydrogens (tertiary/aromatic N) is 1.